The van der Waals surface area contributed by atoms with Gasteiger partial charge in [-0.1, -0.05) is 53.6 Å². The van der Waals surface area contributed by atoms with E-state index in [0.29, 0.717) is 15.7 Å². The number of allylic oxidation sites excluding steroid dienone is 1. The van der Waals surface area contributed by atoms with Crippen LogP contribution in [0, 0.1) is 0 Å². The molecular formula is C19H20Cl2N2O. The number of carbonyl (C=O) groups is 1. The fourth-order valence-electron chi connectivity index (χ4n) is 2.32. The summed E-state index contributed by atoms with van der Waals surface area (Å²) in [5.41, 5.74) is 2.99. The monoisotopic (exact) mass is 362 g/mol. The molecule has 2 rings (SSSR count). The van der Waals surface area contributed by atoms with E-state index in [1.54, 1.807) is 18.2 Å². The first-order valence-corrected chi connectivity index (χ1v) is 8.24. The molecule has 0 aliphatic heterocycles. The van der Waals surface area contributed by atoms with Crippen molar-refractivity contribution in [2.24, 2.45) is 0 Å². The maximum Gasteiger partial charge on any atom is 0.319 e. The zero-order valence-corrected chi connectivity index (χ0v) is 15.4. The van der Waals surface area contributed by atoms with Gasteiger partial charge in [0.15, 0.2) is 0 Å². The first kappa shape index (κ1) is 18.4. The Morgan fingerprint density at radius 3 is 2.29 bits per heavy atom. The zero-order valence-electron chi connectivity index (χ0n) is 13.9. The molecule has 0 radical (unpaired) electrons. The van der Waals surface area contributed by atoms with Gasteiger partial charge in [-0.05, 0) is 56.2 Å². The van der Waals surface area contributed by atoms with Gasteiger partial charge in [0, 0.05) is 15.7 Å². The highest BCUT2D eigenvalue weighted by molar-refractivity contribution is 6.35. The molecule has 0 heterocycles. The number of amides is 2. The summed E-state index contributed by atoms with van der Waals surface area (Å²) in [5, 5.41) is 6.64. The molecular weight excluding hydrogens is 343 g/mol. The number of halogens is 2. The van der Waals surface area contributed by atoms with E-state index in [9.17, 15) is 4.79 Å². The topological polar surface area (TPSA) is 41.1 Å². The molecule has 0 fully saturated rings. The Kier molecular flexibility index (Phi) is 5.58. The molecule has 24 heavy (non-hydrogen) atoms. The fraction of sp³-hybridized carbons (Fsp3) is 0.211. The van der Waals surface area contributed by atoms with Crippen molar-refractivity contribution in [3.63, 3.8) is 0 Å². The highest BCUT2D eigenvalue weighted by Crippen LogP contribution is 2.25. The summed E-state index contributed by atoms with van der Waals surface area (Å²) in [6.45, 7) is 9.79. The number of hydrogen-bond donors (Lipinski definition) is 2. The van der Waals surface area contributed by atoms with Gasteiger partial charge in [-0.15, -0.1) is 0 Å². The molecule has 2 amide bonds. The standard InChI is InChI=1S/C19H20Cl2N2O/c1-12(2)13-6-5-7-14(8-13)19(3,4)23-18(24)22-17-10-15(20)9-16(21)11-17/h5-11H,1H2,2-4H3,(H2,22,23,24). The average molecular weight is 363 g/mol. The van der Waals surface area contributed by atoms with Crippen molar-refractivity contribution in [3.05, 3.63) is 70.2 Å². The predicted molar refractivity (Wildman–Crippen MR) is 103 cm³/mol. The second-order valence-corrected chi connectivity index (χ2v) is 7.10. The number of nitrogens with one attached hydrogen (secondary N) is 2. The van der Waals surface area contributed by atoms with Crippen molar-refractivity contribution in [1.29, 1.82) is 0 Å². The number of urea groups is 1. The van der Waals surface area contributed by atoms with Crippen LogP contribution in [0.2, 0.25) is 10.0 Å². The molecule has 0 aromatic heterocycles. The van der Waals surface area contributed by atoms with Gasteiger partial charge in [0.25, 0.3) is 0 Å². The molecule has 0 bridgehead atoms. The van der Waals surface area contributed by atoms with Crippen LogP contribution in [-0.4, -0.2) is 6.03 Å². The van der Waals surface area contributed by atoms with Crippen molar-refractivity contribution in [2.75, 3.05) is 5.32 Å². The first-order valence-electron chi connectivity index (χ1n) is 7.49. The molecule has 0 unspecified atom stereocenters. The van der Waals surface area contributed by atoms with E-state index in [1.807, 2.05) is 45.0 Å². The van der Waals surface area contributed by atoms with E-state index in [0.717, 1.165) is 16.7 Å². The molecule has 5 heteroatoms. The lowest BCUT2D eigenvalue weighted by Crippen LogP contribution is -2.43. The van der Waals surface area contributed by atoms with E-state index in [4.69, 9.17) is 23.2 Å². The molecule has 2 aromatic rings. The molecule has 0 atom stereocenters. The summed E-state index contributed by atoms with van der Waals surface area (Å²) in [6, 6.07) is 12.5. The Morgan fingerprint density at radius 1 is 1.08 bits per heavy atom. The SMILES string of the molecule is C=C(C)c1cccc(C(C)(C)NC(=O)Nc2cc(Cl)cc(Cl)c2)c1. The quantitative estimate of drug-likeness (QED) is 0.679. The summed E-state index contributed by atoms with van der Waals surface area (Å²) in [7, 11) is 0. The molecule has 3 nitrogen and oxygen atoms in total. The van der Waals surface area contributed by atoms with E-state index in [-0.39, 0.29) is 6.03 Å². The van der Waals surface area contributed by atoms with Crippen LogP contribution in [0.3, 0.4) is 0 Å². The van der Waals surface area contributed by atoms with Gasteiger partial charge in [-0.25, -0.2) is 4.79 Å². The molecule has 126 valence electrons. The Balaban J connectivity index is 2.14. The van der Waals surface area contributed by atoms with Crippen LogP contribution < -0.4 is 10.6 Å². The summed E-state index contributed by atoms with van der Waals surface area (Å²) in [6.07, 6.45) is 0. The third kappa shape index (κ3) is 4.76. The number of hydrogen-bond acceptors (Lipinski definition) is 1. The third-order valence-corrected chi connectivity index (χ3v) is 4.06. The molecule has 0 saturated heterocycles. The zero-order chi connectivity index (χ0) is 17.9. The molecule has 0 aliphatic rings. The Hall–Kier alpha value is -1.97. The lowest BCUT2D eigenvalue weighted by Gasteiger charge is -2.27. The van der Waals surface area contributed by atoms with Gasteiger partial charge < -0.3 is 10.6 Å². The number of carbonyl (C=O) groups excluding carboxylic acids is 1. The molecule has 2 N–H and O–H groups in total. The largest absolute Gasteiger partial charge is 0.329 e. The van der Waals surface area contributed by atoms with Gasteiger partial charge in [0.05, 0.1) is 5.54 Å². The van der Waals surface area contributed by atoms with Gasteiger partial charge in [-0.3, -0.25) is 0 Å². The second kappa shape index (κ2) is 7.29. The van der Waals surface area contributed by atoms with Crippen LogP contribution >= 0.6 is 23.2 Å². The van der Waals surface area contributed by atoms with Crippen molar-refractivity contribution in [1.82, 2.24) is 5.32 Å². The van der Waals surface area contributed by atoms with Crippen molar-refractivity contribution < 1.29 is 4.79 Å². The minimum atomic E-state index is -0.558. The maximum absolute atomic E-state index is 12.3. The summed E-state index contributed by atoms with van der Waals surface area (Å²) < 4.78 is 0. The smallest absolute Gasteiger partial charge is 0.319 e. The summed E-state index contributed by atoms with van der Waals surface area (Å²) >= 11 is 11.9. The highest BCUT2D eigenvalue weighted by atomic mass is 35.5. The minimum Gasteiger partial charge on any atom is -0.329 e. The van der Waals surface area contributed by atoms with Crippen LogP contribution in [-0.2, 0) is 5.54 Å². The third-order valence-electron chi connectivity index (χ3n) is 3.62. The van der Waals surface area contributed by atoms with Crippen LogP contribution in [0.25, 0.3) is 5.57 Å². The van der Waals surface area contributed by atoms with Crippen LogP contribution in [0.15, 0.2) is 49.0 Å². The van der Waals surface area contributed by atoms with E-state index < -0.39 is 5.54 Å². The minimum absolute atomic E-state index is 0.334. The average Bonchev–Trinajstić information content (AvgIpc) is 2.45. The fourth-order valence-corrected chi connectivity index (χ4v) is 2.84. The Morgan fingerprint density at radius 2 is 1.71 bits per heavy atom. The van der Waals surface area contributed by atoms with Crippen LogP contribution in [0.4, 0.5) is 10.5 Å². The van der Waals surface area contributed by atoms with E-state index in [1.165, 1.54) is 0 Å². The van der Waals surface area contributed by atoms with E-state index >= 15 is 0 Å². The molecule has 0 saturated carbocycles. The number of rotatable bonds is 4. The lowest BCUT2D eigenvalue weighted by molar-refractivity contribution is 0.242. The van der Waals surface area contributed by atoms with Gasteiger partial charge in [-0.2, -0.15) is 0 Å². The van der Waals surface area contributed by atoms with Gasteiger partial charge in [0.1, 0.15) is 0 Å². The van der Waals surface area contributed by atoms with Crippen LogP contribution in [0.1, 0.15) is 31.9 Å². The normalized spacial score (nSPS) is 11.0. The van der Waals surface area contributed by atoms with Gasteiger partial charge >= 0.3 is 6.03 Å². The van der Waals surface area contributed by atoms with Crippen molar-refractivity contribution in [2.45, 2.75) is 26.3 Å². The first-order chi connectivity index (χ1) is 11.2. The molecule has 0 aliphatic carbocycles. The lowest BCUT2D eigenvalue weighted by atomic mass is 9.92. The van der Waals surface area contributed by atoms with Crippen molar-refractivity contribution in [3.8, 4) is 0 Å². The molecule has 2 aromatic carbocycles. The Bertz CT molecular complexity index is 764. The van der Waals surface area contributed by atoms with E-state index in [2.05, 4.69) is 17.2 Å². The maximum atomic E-state index is 12.3. The summed E-state index contributed by atoms with van der Waals surface area (Å²) in [4.78, 5) is 12.3. The Labute approximate surface area is 152 Å². The van der Waals surface area contributed by atoms with Gasteiger partial charge in [0.2, 0.25) is 0 Å². The van der Waals surface area contributed by atoms with Crippen LogP contribution in [0.5, 0.6) is 0 Å². The predicted octanol–water partition coefficient (Wildman–Crippen LogP) is 6.08. The van der Waals surface area contributed by atoms with Crippen molar-refractivity contribution >= 4 is 40.5 Å². The summed E-state index contributed by atoms with van der Waals surface area (Å²) in [5.74, 6) is 0. The second-order valence-electron chi connectivity index (χ2n) is 6.22. The highest BCUT2D eigenvalue weighted by Gasteiger charge is 2.23. The molecule has 0 spiro atoms. The number of anilines is 1. The number of benzene rings is 2.